The second kappa shape index (κ2) is 5.42. The van der Waals surface area contributed by atoms with Crippen LogP contribution in [0.4, 0.5) is 4.39 Å². The number of halogens is 1. The fourth-order valence-corrected chi connectivity index (χ4v) is 2.18. The molecule has 21 heavy (non-hydrogen) atoms. The molecule has 0 unspecified atom stereocenters. The Labute approximate surface area is 125 Å². The Balaban J connectivity index is 2.34. The van der Waals surface area contributed by atoms with Crippen molar-refractivity contribution in [2.45, 2.75) is 52.4 Å². The van der Waals surface area contributed by atoms with E-state index in [4.69, 9.17) is 9.31 Å². The number of hydrogen-bond acceptors (Lipinski definition) is 3. The molecule has 6 heteroatoms. The summed E-state index contributed by atoms with van der Waals surface area (Å²) in [5.41, 5.74) is -0.0650. The standard InChI is InChI=1S/C15H21BFNO3/c1-10(19)18-9-11-7-6-8-12(17)13(11)16-20-14(2,3)15(4,5)21-16/h6-8H,9H2,1-5H3,(H,18,19). The van der Waals surface area contributed by atoms with Crippen LogP contribution in [0.5, 0.6) is 0 Å². The van der Waals surface area contributed by atoms with Crippen molar-refractivity contribution in [3.8, 4) is 0 Å². The maximum Gasteiger partial charge on any atom is 0.498 e. The highest BCUT2D eigenvalue weighted by Gasteiger charge is 2.52. The van der Waals surface area contributed by atoms with E-state index in [9.17, 15) is 9.18 Å². The minimum atomic E-state index is -0.778. The van der Waals surface area contributed by atoms with Gasteiger partial charge in [0, 0.05) is 18.9 Å². The smallest absolute Gasteiger partial charge is 0.399 e. The zero-order valence-corrected chi connectivity index (χ0v) is 13.1. The topological polar surface area (TPSA) is 47.6 Å². The first-order chi connectivity index (χ1) is 9.64. The summed E-state index contributed by atoms with van der Waals surface area (Å²) in [4.78, 5) is 11.1. The van der Waals surface area contributed by atoms with Crippen molar-refractivity contribution in [2.75, 3.05) is 0 Å². The Morgan fingerprint density at radius 3 is 2.33 bits per heavy atom. The molecule has 1 aromatic rings. The third-order valence-electron chi connectivity index (χ3n) is 4.16. The van der Waals surface area contributed by atoms with Crippen LogP contribution in [0.15, 0.2) is 18.2 Å². The molecule has 0 bridgehead atoms. The Hall–Kier alpha value is -1.40. The van der Waals surface area contributed by atoms with E-state index in [0.29, 0.717) is 11.0 Å². The molecular weight excluding hydrogens is 272 g/mol. The third-order valence-corrected chi connectivity index (χ3v) is 4.16. The van der Waals surface area contributed by atoms with E-state index in [2.05, 4.69) is 5.32 Å². The lowest BCUT2D eigenvalue weighted by atomic mass is 9.75. The second-order valence-electron chi connectivity index (χ2n) is 6.31. The van der Waals surface area contributed by atoms with Gasteiger partial charge >= 0.3 is 7.12 Å². The second-order valence-corrected chi connectivity index (χ2v) is 6.31. The van der Waals surface area contributed by atoms with Crippen molar-refractivity contribution in [1.29, 1.82) is 0 Å². The highest BCUT2D eigenvalue weighted by Crippen LogP contribution is 2.36. The minimum absolute atomic E-state index is 0.167. The number of benzene rings is 1. The molecule has 1 aliphatic rings. The monoisotopic (exact) mass is 293 g/mol. The molecule has 0 saturated carbocycles. The van der Waals surface area contributed by atoms with Gasteiger partial charge in [0.15, 0.2) is 0 Å². The van der Waals surface area contributed by atoms with Crippen LogP contribution in [0.25, 0.3) is 0 Å². The van der Waals surface area contributed by atoms with Crippen LogP contribution in [-0.4, -0.2) is 24.2 Å². The molecule has 1 fully saturated rings. The summed E-state index contributed by atoms with van der Waals surface area (Å²) in [6.45, 7) is 9.34. The summed E-state index contributed by atoms with van der Waals surface area (Å²) < 4.78 is 26.1. The van der Waals surface area contributed by atoms with Crippen molar-refractivity contribution >= 4 is 18.5 Å². The fraction of sp³-hybridized carbons (Fsp3) is 0.533. The average molecular weight is 293 g/mol. The zero-order valence-electron chi connectivity index (χ0n) is 13.1. The molecule has 2 rings (SSSR count). The van der Waals surface area contributed by atoms with E-state index in [1.165, 1.54) is 13.0 Å². The zero-order chi connectivity index (χ0) is 15.8. The lowest BCUT2D eigenvalue weighted by Crippen LogP contribution is -2.41. The number of hydrogen-bond donors (Lipinski definition) is 1. The highest BCUT2D eigenvalue weighted by atomic mass is 19.1. The van der Waals surface area contributed by atoms with Gasteiger partial charge < -0.3 is 14.6 Å². The lowest BCUT2D eigenvalue weighted by molar-refractivity contribution is -0.119. The van der Waals surface area contributed by atoms with Crippen LogP contribution in [0.3, 0.4) is 0 Å². The van der Waals surface area contributed by atoms with E-state index in [-0.39, 0.29) is 12.5 Å². The van der Waals surface area contributed by atoms with Crippen LogP contribution in [0.1, 0.15) is 40.2 Å². The molecule has 0 atom stereocenters. The van der Waals surface area contributed by atoms with E-state index in [0.717, 1.165) is 0 Å². The van der Waals surface area contributed by atoms with Crippen molar-refractivity contribution < 1.29 is 18.5 Å². The largest absolute Gasteiger partial charge is 0.498 e. The maximum absolute atomic E-state index is 14.3. The first kappa shape index (κ1) is 16.0. The maximum atomic E-state index is 14.3. The summed E-state index contributed by atoms with van der Waals surface area (Å²) in [7, 11) is -0.778. The van der Waals surface area contributed by atoms with E-state index in [1.54, 1.807) is 12.1 Å². The van der Waals surface area contributed by atoms with Gasteiger partial charge in [0.25, 0.3) is 0 Å². The van der Waals surface area contributed by atoms with Crippen LogP contribution >= 0.6 is 0 Å². The Bertz CT molecular complexity index is 544. The normalized spacial score (nSPS) is 19.6. The van der Waals surface area contributed by atoms with Crippen LogP contribution in [-0.2, 0) is 20.6 Å². The third kappa shape index (κ3) is 3.11. The van der Waals surface area contributed by atoms with Crippen molar-refractivity contribution in [2.24, 2.45) is 0 Å². The van der Waals surface area contributed by atoms with Gasteiger partial charge in [-0.2, -0.15) is 0 Å². The van der Waals surface area contributed by atoms with Crippen LogP contribution in [0.2, 0.25) is 0 Å². The highest BCUT2D eigenvalue weighted by molar-refractivity contribution is 6.62. The van der Waals surface area contributed by atoms with Gasteiger partial charge in [0.05, 0.1) is 11.2 Å². The van der Waals surface area contributed by atoms with Gasteiger partial charge in [-0.15, -0.1) is 0 Å². The molecule has 1 heterocycles. The molecule has 0 spiro atoms. The van der Waals surface area contributed by atoms with Gasteiger partial charge in [0.2, 0.25) is 5.91 Å². The van der Waals surface area contributed by atoms with Crippen molar-refractivity contribution in [1.82, 2.24) is 5.32 Å². The molecule has 1 N–H and O–H groups in total. The number of carbonyl (C=O) groups excluding carboxylic acids is 1. The molecule has 4 nitrogen and oxygen atoms in total. The molecule has 114 valence electrons. The molecule has 0 aromatic heterocycles. The molecule has 1 amide bonds. The average Bonchev–Trinajstić information content (AvgIpc) is 2.55. The minimum Gasteiger partial charge on any atom is -0.399 e. The predicted molar refractivity (Wildman–Crippen MR) is 79.6 cm³/mol. The van der Waals surface area contributed by atoms with E-state index in [1.807, 2.05) is 27.7 Å². The predicted octanol–water partition coefficient (Wildman–Crippen LogP) is 1.76. The molecule has 0 radical (unpaired) electrons. The van der Waals surface area contributed by atoms with Gasteiger partial charge in [-0.1, -0.05) is 12.1 Å². The summed E-state index contributed by atoms with van der Waals surface area (Å²) in [5, 5.41) is 2.68. The van der Waals surface area contributed by atoms with E-state index >= 15 is 0 Å². The molecule has 1 aromatic carbocycles. The molecular formula is C15H21BFNO3. The fourth-order valence-electron chi connectivity index (χ4n) is 2.18. The van der Waals surface area contributed by atoms with Gasteiger partial charge in [-0.3, -0.25) is 4.79 Å². The lowest BCUT2D eigenvalue weighted by Gasteiger charge is -2.32. The Morgan fingerprint density at radius 1 is 1.24 bits per heavy atom. The van der Waals surface area contributed by atoms with E-state index < -0.39 is 24.1 Å². The van der Waals surface area contributed by atoms with Gasteiger partial charge in [-0.05, 0) is 39.3 Å². The molecule has 1 aliphatic heterocycles. The van der Waals surface area contributed by atoms with Crippen LogP contribution in [0, 0.1) is 5.82 Å². The Morgan fingerprint density at radius 2 is 1.81 bits per heavy atom. The summed E-state index contributed by atoms with van der Waals surface area (Å²) >= 11 is 0. The summed E-state index contributed by atoms with van der Waals surface area (Å²) in [6, 6.07) is 4.75. The summed E-state index contributed by atoms with van der Waals surface area (Å²) in [6.07, 6.45) is 0. The first-order valence-electron chi connectivity index (χ1n) is 7.01. The van der Waals surface area contributed by atoms with Crippen molar-refractivity contribution in [3.05, 3.63) is 29.6 Å². The number of carbonyl (C=O) groups is 1. The Kier molecular flexibility index (Phi) is 4.13. The molecule has 1 saturated heterocycles. The SMILES string of the molecule is CC(=O)NCc1cccc(F)c1B1OC(C)(C)C(C)(C)O1. The number of rotatable bonds is 3. The summed E-state index contributed by atoms with van der Waals surface area (Å²) in [5.74, 6) is -0.560. The van der Waals surface area contributed by atoms with Crippen molar-refractivity contribution in [3.63, 3.8) is 0 Å². The quantitative estimate of drug-likeness (QED) is 0.864. The van der Waals surface area contributed by atoms with Crippen LogP contribution < -0.4 is 10.8 Å². The van der Waals surface area contributed by atoms with Gasteiger partial charge in [0.1, 0.15) is 5.82 Å². The molecule has 0 aliphatic carbocycles. The first-order valence-corrected chi connectivity index (χ1v) is 7.01. The number of amides is 1. The van der Waals surface area contributed by atoms with Gasteiger partial charge in [-0.25, -0.2) is 4.39 Å². The number of nitrogens with one attached hydrogen (secondary N) is 1.